The SMILES string of the molecule is Nc1ccc(C(=O)CCCCC2CCOCC2)cc1. The van der Waals surface area contributed by atoms with Gasteiger partial charge in [-0.05, 0) is 49.4 Å². The average Bonchev–Trinajstić information content (AvgIpc) is 2.45. The van der Waals surface area contributed by atoms with E-state index in [4.69, 9.17) is 10.5 Å². The number of nitrogens with two attached hydrogens (primary N) is 1. The van der Waals surface area contributed by atoms with Gasteiger partial charge in [0.2, 0.25) is 0 Å². The van der Waals surface area contributed by atoms with E-state index in [1.807, 2.05) is 12.1 Å². The summed E-state index contributed by atoms with van der Waals surface area (Å²) in [7, 11) is 0. The van der Waals surface area contributed by atoms with Gasteiger partial charge in [-0.1, -0.05) is 12.8 Å². The maximum atomic E-state index is 11.9. The molecule has 3 heteroatoms. The van der Waals surface area contributed by atoms with Gasteiger partial charge in [0.15, 0.2) is 5.78 Å². The smallest absolute Gasteiger partial charge is 0.162 e. The van der Waals surface area contributed by atoms with Crippen LogP contribution in [0.4, 0.5) is 5.69 Å². The van der Waals surface area contributed by atoms with Crippen molar-refractivity contribution in [2.24, 2.45) is 5.92 Å². The van der Waals surface area contributed by atoms with Crippen molar-refractivity contribution in [2.75, 3.05) is 18.9 Å². The van der Waals surface area contributed by atoms with Crippen LogP contribution in [0.3, 0.4) is 0 Å². The molecule has 104 valence electrons. The topological polar surface area (TPSA) is 52.3 Å². The van der Waals surface area contributed by atoms with Gasteiger partial charge in [0.25, 0.3) is 0 Å². The molecular formula is C16H23NO2. The van der Waals surface area contributed by atoms with Crippen LogP contribution in [0.15, 0.2) is 24.3 Å². The van der Waals surface area contributed by atoms with E-state index in [-0.39, 0.29) is 5.78 Å². The second-order valence-electron chi connectivity index (χ2n) is 5.35. The number of ether oxygens (including phenoxy) is 1. The minimum Gasteiger partial charge on any atom is -0.399 e. The molecule has 1 fully saturated rings. The Labute approximate surface area is 115 Å². The Balaban J connectivity index is 1.64. The first-order chi connectivity index (χ1) is 9.25. The summed E-state index contributed by atoms with van der Waals surface area (Å²) in [5, 5.41) is 0. The summed E-state index contributed by atoms with van der Waals surface area (Å²) < 4.78 is 5.35. The van der Waals surface area contributed by atoms with Crippen LogP contribution in [0.1, 0.15) is 48.9 Å². The second-order valence-corrected chi connectivity index (χ2v) is 5.35. The summed E-state index contributed by atoms with van der Waals surface area (Å²) in [4.78, 5) is 11.9. The van der Waals surface area contributed by atoms with E-state index < -0.39 is 0 Å². The zero-order valence-corrected chi connectivity index (χ0v) is 11.4. The minimum atomic E-state index is 0.229. The Bertz CT molecular complexity index is 394. The third-order valence-electron chi connectivity index (χ3n) is 3.84. The van der Waals surface area contributed by atoms with Crippen LogP contribution in [-0.2, 0) is 4.74 Å². The molecule has 2 N–H and O–H groups in total. The summed E-state index contributed by atoms with van der Waals surface area (Å²) >= 11 is 0. The van der Waals surface area contributed by atoms with Crippen LogP contribution in [0.2, 0.25) is 0 Å². The number of benzene rings is 1. The molecule has 1 aliphatic heterocycles. The molecule has 0 saturated carbocycles. The van der Waals surface area contributed by atoms with Gasteiger partial charge in [0.1, 0.15) is 0 Å². The third-order valence-corrected chi connectivity index (χ3v) is 3.84. The van der Waals surface area contributed by atoms with Crippen LogP contribution in [0.5, 0.6) is 0 Å². The van der Waals surface area contributed by atoms with E-state index in [9.17, 15) is 4.79 Å². The largest absolute Gasteiger partial charge is 0.399 e. The zero-order chi connectivity index (χ0) is 13.5. The van der Waals surface area contributed by atoms with Gasteiger partial charge < -0.3 is 10.5 Å². The lowest BCUT2D eigenvalue weighted by atomic mass is 9.93. The van der Waals surface area contributed by atoms with Crippen LogP contribution in [0, 0.1) is 5.92 Å². The van der Waals surface area contributed by atoms with Gasteiger partial charge in [-0.25, -0.2) is 0 Å². The Morgan fingerprint density at radius 1 is 1.16 bits per heavy atom. The predicted octanol–water partition coefficient (Wildman–Crippen LogP) is 3.44. The van der Waals surface area contributed by atoms with Crippen molar-refractivity contribution in [1.29, 1.82) is 0 Å². The second kappa shape index (κ2) is 7.29. The monoisotopic (exact) mass is 261 g/mol. The van der Waals surface area contributed by atoms with Crippen LogP contribution in [-0.4, -0.2) is 19.0 Å². The number of ketones is 1. The number of hydrogen-bond donors (Lipinski definition) is 1. The maximum absolute atomic E-state index is 11.9. The quantitative estimate of drug-likeness (QED) is 0.485. The number of carbonyl (C=O) groups excluding carboxylic acids is 1. The first-order valence-electron chi connectivity index (χ1n) is 7.22. The van der Waals surface area contributed by atoms with Crippen LogP contribution in [0.25, 0.3) is 0 Å². The maximum Gasteiger partial charge on any atom is 0.162 e. The lowest BCUT2D eigenvalue weighted by Gasteiger charge is -2.21. The highest BCUT2D eigenvalue weighted by Crippen LogP contribution is 2.21. The summed E-state index contributed by atoms with van der Waals surface area (Å²) in [5.74, 6) is 1.03. The number of hydrogen-bond acceptors (Lipinski definition) is 3. The molecule has 0 atom stereocenters. The van der Waals surface area contributed by atoms with Crippen LogP contribution < -0.4 is 5.73 Å². The first-order valence-corrected chi connectivity index (χ1v) is 7.22. The Kier molecular flexibility index (Phi) is 5.40. The molecule has 1 aliphatic rings. The zero-order valence-electron chi connectivity index (χ0n) is 11.4. The molecule has 0 unspecified atom stereocenters. The molecule has 19 heavy (non-hydrogen) atoms. The lowest BCUT2D eigenvalue weighted by Crippen LogP contribution is -2.15. The number of anilines is 1. The molecule has 0 radical (unpaired) electrons. The van der Waals surface area contributed by atoms with Crippen LogP contribution >= 0.6 is 0 Å². The van der Waals surface area contributed by atoms with E-state index in [0.29, 0.717) is 12.1 Å². The van der Waals surface area contributed by atoms with Gasteiger partial charge in [0.05, 0.1) is 0 Å². The number of Topliss-reactive ketones (excluding diaryl/α,β-unsaturated/α-hetero) is 1. The standard InChI is InChI=1S/C16H23NO2/c17-15-7-5-14(6-8-15)16(18)4-2-1-3-13-9-11-19-12-10-13/h5-8,13H,1-4,9-12,17H2. The fraction of sp³-hybridized carbons (Fsp3) is 0.562. The molecular weight excluding hydrogens is 238 g/mol. The van der Waals surface area contributed by atoms with Crippen molar-refractivity contribution in [3.8, 4) is 0 Å². The molecule has 0 bridgehead atoms. The van der Waals surface area contributed by atoms with E-state index in [0.717, 1.165) is 37.5 Å². The fourth-order valence-electron chi connectivity index (χ4n) is 2.57. The van der Waals surface area contributed by atoms with Crippen molar-refractivity contribution in [3.05, 3.63) is 29.8 Å². The van der Waals surface area contributed by atoms with Gasteiger partial charge in [0, 0.05) is 30.9 Å². The van der Waals surface area contributed by atoms with Crippen molar-refractivity contribution >= 4 is 11.5 Å². The lowest BCUT2D eigenvalue weighted by molar-refractivity contribution is 0.0630. The normalized spacial score (nSPS) is 16.4. The average molecular weight is 261 g/mol. The van der Waals surface area contributed by atoms with Gasteiger partial charge in [-0.3, -0.25) is 4.79 Å². The molecule has 3 nitrogen and oxygen atoms in total. The van der Waals surface area contributed by atoms with Crippen molar-refractivity contribution < 1.29 is 9.53 Å². The molecule has 1 heterocycles. The summed E-state index contributed by atoms with van der Waals surface area (Å²) in [6.45, 7) is 1.82. The number of rotatable bonds is 6. The first kappa shape index (κ1) is 14.1. The highest BCUT2D eigenvalue weighted by Gasteiger charge is 2.13. The summed E-state index contributed by atoms with van der Waals surface area (Å²) in [6.07, 6.45) is 6.38. The van der Waals surface area contributed by atoms with Crippen molar-refractivity contribution in [1.82, 2.24) is 0 Å². The fourth-order valence-corrected chi connectivity index (χ4v) is 2.57. The summed E-state index contributed by atoms with van der Waals surface area (Å²) in [6, 6.07) is 7.21. The Morgan fingerprint density at radius 3 is 2.53 bits per heavy atom. The molecule has 0 spiro atoms. The predicted molar refractivity (Wildman–Crippen MR) is 77.2 cm³/mol. The van der Waals surface area contributed by atoms with E-state index in [2.05, 4.69) is 0 Å². The number of nitrogen functional groups attached to an aromatic ring is 1. The minimum absolute atomic E-state index is 0.229. The molecule has 0 amide bonds. The van der Waals surface area contributed by atoms with E-state index in [1.54, 1.807) is 12.1 Å². The molecule has 2 rings (SSSR count). The van der Waals surface area contributed by atoms with Gasteiger partial charge >= 0.3 is 0 Å². The highest BCUT2D eigenvalue weighted by atomic mass is 16.5. The molecule has 1 aromatic carbocycles. The molecule has 0 aliphatic carbocycles. The highest BCUT2D eigenvalue weighted by molar-refractivity contribution is 5.96. The Morgan fingerprint density at radius 2 is 1.84 bits per heavy atom. The van der Waals surface area contributed by atoms with E-state index in [1.165, 1.54) is 19.3 Å². The third kappa shape index (κ3) is 4.67. The molecule has 1 aromatic rings. The molecule has 0 aromatic heterocycles. The van der Waals surface area contributed by atoms with Gasteiger partial charge in [-0.15, -0.1) is 0 Å². The Hall–Kier alpha value is -1.35. The summed E-state index contributed by atoms with van der Waals surface area (Å²) in [5.41, 5.74) is 7.09. The van der Waals surface area contributed by atoms with Crippen molar-refractivity contribution in [2.45, 2.75) is 38.5 Å². The number of carbonyl (C=O) groups is 1. The van der Waals surface area contributed by atoms with E-state index >= 15 is 0 Å². The molecule has 1 saturated heterocycles. The van der Waals surface area contributed by atoms with Gasteiger partial charge in [-0.2, -0.15) is 0 Å². The van der Waals surface area contributed by atoms with Crippen molar-refractivity contribution in [3.63, 3.8) is 0 Å². The number of unbranched alkanes of at least 4 members (excludes halogenated alkanes) is 1.